The molecule has 0 N–H and O–H groups in total. The highest BCUT2D eigenvalue weighted by Gasteiger charge is 2.39. The van der Waals surface area contributed by atoms with Gasteiger partial charge in [-0.1, -0.05) is 25.5 Å². The topological polar surface area (TPSA) is 52.6 Å². The summed E-state index contributed by atoms with van der Waals surface area (Å²) in [5.41, 5.74) is -0.769. The second-order valence-electron chi connectivity index (χ2n) is 8.11. The number of aryl methyl sites for hydroxylation is 1. The first-order valence-corrected chi connectivity index (χ1v) is 11.1. The Kier molecular flexibility index (Phi) is 12.2. The van der Waals surface area contributed by atoms with Crippen LogP contribution in [0.25, 0.3) is 11.1 Å². The summed E-state index contributed by atoms with van der Waals surface area (Å²) in [6.45, 7) is 9.21. The van der Waals surface area contributed by atoms with E-state index < -0.39 is 23.4 Å². The second kappa shape index (κ2) is 14.0. The van der Waals surface area contributed by atoms with Gasteiger partial charge in [0, 0.05) is 24.5 Å². The van der Waals surface area contributed by atoms with Gasteiger partial charge in [0.1, 0.15) is 25.2 Å². The smallest absolute Gasteiger partial charge is 0.348 e. The minimum Gasteiger partial charge on any atom is -0.348 e. The Morgan fingerprint density at radius 3 is 2.00 bits per heavy atom. The zero-order chi connectivity index (χ0) is 26.6. The third kappa shape index (κ3) is 8.50. The summed E-state index contributed by atoms with van der Waals surface area (Å²) in [4.78, 5) is 16.0. The largest absolute Gasteiger partial charge is 0.416 e. The first-order chi connectivity index (χ1) is 16.6. The molecule has 0 aromatic heterocycles. The summed E-state index contributed by atoms with van der Waals surface area (Å²) in [7, 11) is 0. The molecule has 2 aromatic carbocycles. The second-order valence-corrected chi connectivity index (χ2v) is 8.11. The van der Waals surface area contributed by atoms with Crippen molar-refractivity contribution in [2.45, 2.75) is 57.9 Å². The number of alkyl halides is 3. The maximum Gasteiger partial charge on any atom is 0.416 e. The van der Waals surface area contributed by atoms with Crippen molar-refractivity contribution in [2.75, 3.05) is 13.2 Å². The van der Waals surface area contributed by atoms with Gasteiger partial charge in [0.25, 0.3) is 0 Å². The third-order valence-corrected chi connectivity index (χ3v) is 6.04. The molecule has 1 saturated heterocycles. The van der Waals surface area contributed by atoms with Crippen LogP contribution in [0.3, 0.4) is 0 Å². The number of ether oxygens (including phenoxy) is 2. The van der Waals surface area contributed by atoms with E-state index >= 15 is 0 Å². The normalized spacial score (nSPS) is 16.8. The zero-order valence-electron chi connectivity index (χ0n) is 19.9. The molecule has 194 valence electrons. The number of carbonyl (C=O) groups is 2. The molecule has 4 rings (SSSR count). The molecule has 0 bridgehead atoms. The molecule has 35 heavy (non-hydrogen) atoms. The number of rotatable bonds is 2. The maximum atomic E-state index is 13.5. The van der Waals surface area contributed by atoms with Gasteiger partial charge in [0.2, 0.25) is 0 Å². The summed E-state index contributed by atoms with van der Waals surface area (Å²) < 4.78 is 75.9. The highest BCUT2D eigenvalue weighted by Crippen LogP contribution is 2.39. The van der Waals surface area contributed by atoms with E-state index in [1.54, 1.807) is 0 Å². The molecule has 1 spiro atoms. The van der Waals surface area contributed by atoms with Crippen LogP contribution in [0.1, 0.15) is 50.2 Å². The summed E-state index contributed by atoms with van der Waals surface area (Å²) in [6.07, 6.45) is 1.62. The van der Waals surface area contributed by atoms with Gasteiger partial charge in [-0.15, -0.1) is 0 Å². The SMILES string of the molecule is C=O.C=O.CCC1CCC2(CC1)OCCO2.Cc1ccc(-c2ccc(F)cc2F)cc1C(F)(F)F. The van der Waals surface area contributed by atoms with Crippen molar-refractivity contribution < 1.29 is 41.0 Å². The number of hydrogen-bond acceptors (Lipinski definition) is 4. The van der Waals surface area contributed by atoms with Crippen LogP contribution in [0.15, 0.2) is 36.4 Å². The van der Waals surface area contributed by atoms with E-state index in [4.69, 9.17) is 19.1 Å². The predicted molar refractivity (Wildman–Crippen MR) is 123 cm³/mol. The van der Waals surface area contributed by atoms with Gasteiger partial charge in [-0.3, -0.25) is 0 Å². The molecule has 0 atom stereocenters. The van der Waals surface area contributed by atoms with E-state index in [2.05, 4.69) is 6.92 Å². The highest BCUT2D eigenvalue weighted by atomic mass is 19.4. The summed E-state index contributed by atoms with van der Waals surface area (Å²) in [5.74, 6) is -0.893. The van der Waals surface area contributed by atoms with Crippen molar-refractivity contribution in [2.24, 2.45) is 5.92 Å². The fourth-order valence-electron chi connectivity index (χ4n) is 4.13. The van der Waals surface area contributed by atoms with E-state index in [9.17, 15) is 22.0 Å². The molecule has 9 heteroatoms. The molecular weight excluding hydrogens is 471 g/mol. The molecule has 0 unspecified atom stereocenters. The van der Waals surface area contributed by atoms with E-state index in [-0.39, 0.29) is 22.5 Å². The number of hydrogen-bond donors (Lipinski definition) is 0. The van der Waals surface area contributed by atoms with Gasteiger partial charge in [-0.05, 0) is 55.0 Å². The minimum atomic E-state index is -4.50. The van der Waals surface area contributed by atoms with Crippen LogP contribution in [0.2, 0.25) is 0 Å². The molecular formula is C26H31F5O4. The Hall–Kier alpha value is -2.65. The van der Waals surface area contributed by atoms with E-state index in [1.807, 2.05) is 13.6 Å². The van der Waals surface area contributed by atoms with Crippen molar-refractivity contribution in [3.8, 4) is 11.1 Å². The van der Waals surface area contributed by atoms with E-state index in [1.165, 1.54) is 38.3 Å². The van der Waals surface area contributed by atoms with Crippen LogP contribution < -0.4 is 0 Å². The van der Waals surface area contributed by atoms with Crippen molar-refractivity contribution in [1.82, 2.24) is 0 Å². The predicted octanol–water partition coefficient (Wildman–Crippen LogP) is 6.92. The average Bonchev–Trinajstić information content (AvgIpc) is 3.30. The van der Waals surface area contributed by atoms with Crippen molar-refractivity contribution in [1.29, 1.82) is 0 Å². The minimum absolute atomic E-state index is 0.0544. The quantitative estimate of drug-likeness (QED) is 0.419. The molecule has 2 fully saturated rings. The Labute approximate surface area is 202 Å². The maximum absolute atomic E-state index is 13.5. The van der Waals surface area contributed by atoms with Crippen LogP contribution in [0.4, 0.5) is 22.0 Å². The van der Waals surface area contributed by atoms with Crippen molar-refractivity contribution >= 4 is 13.6 Å². The lowest BCUT2D eigenvalue weighted by Crippen LogP contribution is -2.34. The number of halogens is 5. The zero-order valence-corrected chi connectivity index (χ0v) is 19.9. The molecule has 2 aliphatic rings. The van der Waals surface area contributed by atoms with Gasteiger partial charge in [0.05, 0.1) is 18.8 Å². The fraction of sp³-hybridized carbons (Fsp3) is 0.462. The first-order valence-electron chi connectivity index (χ1n) is 11.1. The lowest BCUT2D eigenvalue weighted by Gasteiger charge is -2.34. The van der Waals surface area contributed by atoms with Crippen molar-refractivity contribution in [3.63, 3.8) is 0 Å². The average molecular weight is 503 g/mol. The van der Waals surface area contributed by atoms with Crippen LogP contribution in [-0.2, 0) is 25.2 Å². The Bertz CT molecular complexity index is 914. The van der Waals surface area contributed by atoms with E-state index in [0.29, 0.717) is 6.07 Å². The molecule has 4 nitrogen and oxygen atoms in total. The lowest BCUT2D eigenvalue weighted by atomic mass is 9.84. The molecule has 1 saturated carbocycles. The Morgan fingerprint density at radius 2 is 1.51 bits per heavy atom. The van der Waals surface area contributed by atoms with Gasteiger partial charge >= 0.3 is 6.18 Å². The molecule has 1 aliphatic heterocycles. The standard InChI is InChI=1S/C14H9F5.C10H18O2.2CH2O/c1-8-2-3-9(6-12(8)14(17,18)19)11-5-4-10(15)7-13(11)16;1-2-9-3-5-10(6-4-9)11-7-8-12-10;2*1-2/h2-7H,1H3;9H,2-8H2,1H3;2*1H2. The number of carbonyl (C=O) groups excluding carboxylic acids is 2. The Morgan fingerprint density at radius 1 is 0.943 bits per heavy atom. The highest BCUT2D eigenvalue weighted by molar-refractivity contribution is 5.65. The van der Waals surface area contributed by atoms with Crippen LogP contribution >= 0.6 is 0 Å². The third-order valence-electron chi connectivity index (χ3n) is 6.04. The van der Waals surface area contributed by atoms with Gasteiger partial charge < -0.3 is 19.1 Å². The summed E-state index contributed by atoms with van der Waals surface area (Å²) >= 11 is 0. The first kappa shape index (κ1) is 30.4. The monoisotopic (exact) mass is 502 g/mol. The molecule has 1 heterocycles. The number of benzene rings is 2. The van der Waals surface area contributed by atoms with E-state index in [0.717, 1.165) is 50.2 Å². The molecule has 1 aliphatic carbocycles. The molecule has 0 radical (unpaired) electrons. The van der Waals surface area contributed by atoms with Crippen molar-refractivity contribution in [3.05, 3.63) is 59.2 Å². The Balaban J connectivity index is 0.000000328. The summed E-state index contributed by atoms with van der Waals surface area (Å²) in [6, 6.07) is 6.27. The summed E-state index contributed by atoms with van der Waals surface area (Å²) in [5, 5.41) is 0. The molecule has 2 aromatic rings. The molecule has 0 amide bonds. The van der Waals surface area contributed by atoms with Crippen LogP contribution in [0, 0.1) is 24.5 Å². The van der Waals surface area contributed by atoms with Gasteiger partial charge in [0.15, 0.2) is 5.79 Å². The van der Waals surface area contributed by atoms with Crippen LogP contribution in [0.5, 0.6) is 0 Å². The lowest BCUT2D eigenvalue weighted by molar-refractivity contribution is -0.182. The fourth-order valence-corrected chi connectivity index (χ4v) is 4.13. The van der Waals surface area contributed by atoms with Crippen LogP contribution in [-0.4, -0.2) is 32.6 Å². The van der Waals surface area contributed by atoms with Gasteiger partial charge in [-0.25, -0.2) is 8.78 Å². The van der Waals surface area contributed by atoms with Gasteiger partial charge in [-0.2, -0.15) is 13.2 Å².